The van der Waals surface area contributed by atoms with Gasteiger partial charge >= 0.3 is 16.4 Å². The number of hydrogen-bond donors (Lipinski definition) is 10. The summed E-state index contributed by atoms with van der Waals surface area (Å²) in [5.41, 5.74) is -1.41. The van der Waals surface area contributed by atoms with Crippen LogP contribution < -0.4 is 0 Å². The molecular formula is C53H82O25S. The summed E-state index contributed by atoms with van der Waals surface area (Å²) in [4.78, 5) is 28.7. The maximum atomic E-state index is 14.4. The minimum atomic E-state index is -5.19. The van der Waals surface area contributed by atoms with E-state index in [2.05, 4.69) is 40.3 Å². The number of rotatable bonds is 17. The molecule has 5 saturated heterocycles. The second kappa shape index (κ2) is 22.6. The Morgan fingerprint density at radius 2 is 1.38 bits per heavy atom. The third kappa shape index (κ3) is 10.5. The van der Waals surface area contributed by atoms with E-state index < -0.39 is 187 Å². The van der Waals surface area contributed by atoms with Crippen LogP contribution in [0.3, 0.4) is 0 Å². The molecule has 450 valence electrons. The van der Waals surface area contributed by atoms with Gasteiger partial charge in [-0.15, -0.1) is 6.58 Å². The normalized spacial score (nSPS) is 49.7. The van der Waals surface area contributed by atoms with Crippen molar-refractivity contribution in [2.24, 2.45) is 39.4 Å². The van der Waals surface area contributed by atoms with E-state index >= 15 is 0 Å². The third-order valence-electron chi connectivity index (χ3n) is 19.7. The molecule has 4 aliphatic carbocycles. The number of aliphatic hydroxyl groups is 9. The van der Waals surface area contributed by atoms with Crippen molar-refractivity contribution in [2.75, 3.05) is 33.5 Å². The standard InChI is InChI=1S/C53H82O25S/c1-23(2)10-9-15-52(7)43-26(56)18-51(6)25-11-12-31-49(3,4)32(14-16-50(31,5)24(25)13-17-53(43,51)48(64)77-52)73-47-42(34(59)30(22-70-47)78-79(65,66)67)76-45-36(61)35(60)40(29(20-55)72-45)75-44-37(62)39(27(57)21-69-44)74-46-38(63)41(68-8)33(58)28(19-54)71-46/h13,25,27-47,54-55,57-63H,1,9-12,14-22H2,2-8H3,(H,65,66,67)/t25?,27-,28?,29?,30-,31?,32?,33-,34?,35?,36?,37?,38?,39?,40-,41?,42?,43?,44+,45+,46+,47+,50-,51+,52+,53?/m1/s1. The molecule has 15 unspecified atom stereocenters. The van der Waals surface area contributed by atoms with Gasteiger partial charge in [0.25, 0.3) is 0 Å². The summed E-state index contributed by atoms with van der Waals surface area (Å²) in [5, 5.41) is 98.8. The molecule has 0 radical (unpaired) electrons. The van der Waals surface area contributed by atoms with Crippen molar-refractivity contribution in [1.82, 2.24) is 0 Å². The smallest absolute Gasteiger partial charge is 0.397 e. The van der Waals surface area contributed by atoms with E-state index in [0.717, 1.165) is 18.4 Å². The molecule has 25 nitrogen and oxygen atoms in total. The molecule has 79 heavy (non-hydrogen) atoms. The van der Waals surface area contributed by atoms with Crippen molar-refractivity contribution in [3.63, 3.8) is 0 Å². The Bertz CT molecular complexity index is 2390. The van der Waals surface area contributed by atoms with Crippen LogP contribution in [0.2, 0.25) is 0 Å². The van der Waals surface area contributed by atoms with Crippen molar-refractivity contribution < 1.29 is 120 Å². The molecule has 0 aromatic heterocycles. The van der Waals surface area contributed by atoms with Crippen LogP contribution in [0.15, 0.2) is 23.8 Å². The first-order valence-electron chi connectivity index (χ1n) is 27.5. The molecule has 3 saturated carbocycles. The Morgan fingerprint density at radius 1 is 0.747 bits per heavy atom. The fourth-order valence-electron chi connectivity index (χ4n) is 15.8. The Balaban J connectivity index is 0.902. The highest BCUT2D eigenvalue weighted by atomic mass is 32.3. The van der Waals surface area contributed by atoms with E-state index in [9.17, 15) is 68.5 Å². The molecule has 5 heterocycles. The van der Waals surface area contributed by atoms with Gasteiger partial charge in [-0.25, -0.2) is 4.18 Å². The van der Waals surface area contributed by atoms with E-state index in [4.69, 9.17) is 51.6 Å². The summed E-state index contributed by atoms with van der Waals surface area (Å²) in [6.45, 7) is 13.5. The fourth-order valence-corrected chi connectivity index (χ4v) is 16.3. The first-order chi connectivity index (χ1) is 37.0. The molecule has 26 atom stereocenters. The quantitative estimate of drug-likeness (QED) is 0.0370. The number of hydrogen-bond acceptors (Lipinski definition) is 24. The second-order valence-corrected chi connectivity index (χ2v) is 25.9. The number of fused-ring (bicyclic) bond motifs is 4. The maximum absolute atomic E-state index is 14.4. The van der Waals surface area contributed by atoms with Gasteiger partial charge in [0, 0.05) is 13.5 Å². The maximum Gasteiger partial charge on any atom is 0.397 e. The van der Waals surface area contributed by atoms with Gasteiger partial charge in [0.05, 0.1) is 43.9 Å². The summed E-state index contributed by atoms with van der Waals surface area (Å²) in [6, 6.07) is 0. The summed E-state index contributed by atoms with van der Waals surface area (Å²) in [6.07, 6.45) is -24.0. The number of cyclic esters (lactones) is 1. The van der Waals surface area contributed by atoms with E-state index in [1.54, 1.807) is 0 Å². The number of esters is 1. The SMILES string of the molecule is C=C(C)CCC[C@]1(C)OC(=O)C23CC=C4C(CCC5C(C)(C)C(O[C@@H]6OC[C@@H](OS(=O)(=O)O)C(O)C6O[C@@H]6OC(CO)[C@@H](O[C@@H]7OC[C@@H](O)C(O[C@@H]8OC(CO)[C@@H](O)C(OC)C8O)C7O)C(O)C6O)CC[C@]45C)[C@]2(C)CC(=O)C31. The fraction of sp³-hybridized carbons (Fsp3) is 0.887. The van der Waals surface area contributed by atoms with Crippen LogP contribution in [-0.4, -0.2) is 227 Å². The van der Waals surface area contributed by atoms with E-state index in [-0.39, 0.29) is 30.0 Å². The predicted molar refractivity (Wildman–Crippen MR) is 267 cm³/mol. The number of ether oxygens (including phenoxy) is 10. The Hall–Kier alpha value is -2.23. The van der Waals surface area contributed by atoms with Crippen LogP contribution in [0.1, 0.15) is 99.3 Å². The van der Waals surface area contributed by atoms with Gasteiger partial charge in [0.1, 0.15) is 96.8 Å². The predicted octanol–water partition coefficient (Wildman–Crippen LogP) is -0.770. The zero-order valence-corrected chi connectivity index (χ0v) is 46.5. The molecule has 26 heteroatoms. The van der Waals surface area contributed by atoms with Crippen molar-refractivity contribution in [3.8, 4) is 0 Å². The molecule has 0 amide bonds. The van der Waals surface area contributed by atoms with E-state index in [0.29, 0.717) is 38.5 Å². The van der Waals surface area contributed by atoms with Gasteiger partial charge < -0.3 is 93.3 Å². The zero-order chi connectivity index (χ0) is 57.7. The molecule has 0 bridgehead atoms. The first-order valence-corrected chi connectivity index (χ1v) is 28.8. The molecule has 5 aliphatic heterocycles. The zero-order valence-electron chi connectivity index (χ0n) is 45.7. The number of Topliss-reactive ketones (excluding diaryl/α,β-unsaturated/α-hetero) is 1. The molecule has 9 rings (SSSR count). The topological polar surface area (TPSA) is 372 Å². The van der Waals surface area contributed by atoms with Gasteiger partial charge in [-0.1, -0.05) is 44.9 Å². The van der Waals surface area contributed by atoms with Gasteiger partial charge in [-0.05, 0) is 93.3 Å². The molecule has 9 aliphatic rings. The lowest BCUT2D eigenvalue weighted by molar-refractivity contribution is -0.385. The van der Waals surface area contributed by atoms with Crippen LogP contribution in [0.5, 0.6) is 0 Å². The largest absolute Gasteiger partial charge is 0.458 e. The van der Waals surface area contributed by atoms with Crippen LogP contribution in [0.25, 0.3) is 0 Å². The Labute approximate surface area is 459 Å². The van der Waals surface area contributed by atoms with Gasteiger partial charge in [-0.2, -0.15) is 8.42 Å². The summed E-state index contributed by atoms with van der Waals surface area (Å²) >= 11 is 0. The molecule has 8 fully saturated rings. The van der Waals surface area contributed by atoms with Crippen molar-refractivity contribution in [2.45, 2.75) is 222 Å². The van der Waals surface area contributed by atoms with Crippen molar-refractivity contribution in [3.05, 3.63) is 23.8 Å². The number of aliphatic hydroxyl groups excluding tert-OH is 9. The monoisotopic (exact) mass is 1150 g/mol. The lowest BCUT2D eigenvalue weighted by Gasteiger charge is -2.63. The number of ketones is 1. The average molecular weight is 1150 g/mol. The number of carbonyl (C=O) groups excluding carboxylic acids is 2. The lowest BCUT2D eigenvalue weighted by atomic mass is 9.41. The van der Waals surface area contributed by atoms with E-state index in [1.165, 1.54) is 12.7 Å². The summed E-state index contributed by atoms with van der Waals surface area (Å²) in [5.74, 6) is -0.905. The molecule has 10 N–H and O–H groups in total. The highest BCUT2D eigenvalue weighted by Crippen LogP contribution is 2.75. The van der Waals surface area contributed by atoms with Crippen LogP contribution >= 0.6 is 0 Å². The number of allylic oxidation sites excluding steroid dienone is 3. The molecule has 1 spiro atoms. The number of methoxy groups -OCH3 is 1. The van der Waals surface area contributed by atoms with Gasteiger partial charge in [0.15, 0.2) is 25.2 Å². The highest BCUT2D eigenvalue weighted by Gasteiger charge is 2.79. The van der Waals surface area contributed by atoms with Crippen LogP contribution in [0, 0.1) is 39.4 Å². The minimum Gasteiger partial charge on any atom is -0.458 e. The van der Waals surface area contributed by atoms with Crippen LogP contribution in [-0.2, 0) is 71.5 Å². The van der Waals surface area contributed by atoms with E-state index in [1.807, 2.05) is 13.8 Å². The average Bonchev–Trinajstić information content (AvgIpc) is 2.69. The number of carbonyl (C=O) groups is 2. The van der Waals surface area contributed by atoms with Crippen molar-refractivity contribution >= 4 is 22.2 Å². The summed E-state index contributed by atoms with van der Waals surface area (Å²) in [7, 11) is -4.00. The van der Waals surface area contributed by atoms with Gasteiger partial charge in [-0.3, -0.25) is 14.1 Å². The third-order valence-corrected chi connectivity index (χ3v) is 20.2. The highest BCUT2D eigenvalue weighted by molar-refractivity contribution is 7.80. The first kappa shape index (κ1) is 61.3. The van der Waals surface area contributed by atoms with Crippen molar-refractivity contribution in [1.29, 1.82) is 0 Å². The summed E-state index contributed by atoms with van der Waals surface area (Å²) < 4.78 is 97.4. The molecule has 0 aromatic rings. The molecule has 0 aromatic carbocycles. The second-order valence-electron chi connectivity index (χ2n) is 24.9. The van der Waals surface area contributed by atoms with Crippen LogP contribution in [0.4, 0.5) is 0 Å². The molecular weight excluding hydrogens is 1070 g/mol. The Kier molecular flexibility index (Phi) is 17.6. The minimum absolute atomic E-state index is 0.0289. The Morgan fingerprint density at radius 3 is 2.04 bits per heavy atom. The lowest BCUT2D eigenvalue weighted by Crippen LogP contribution is -2.66. The van der Waals surface area contributed by atoms with Gasteiger partial charge in [0.2, 0.25) is 0 Å².